The normalized spacial score (nSPS) is 30.3. The maximum Gasteiger partial charge on any atom is 0.0438 e. The molecule has 16 heavy (non-hydrogen) atoms. The molecule has 1 N–H and O–H groups in total. The van der Waals surface area contributed by atoms with Crippen LogP contribution in [0.15, 0.2) is 24.3 Å². The van der Waals surface area contributed by atoms with Crippen molar-refractivity contribution in [3.8, 4) is 0 Å². The Labute approximate surface area is 103 Å². The molecule has 1 nitrogen and oxygen atoms in total. The predicted molar refractivity (Wildman–Crippen MR) is 73.1 cm³/mol. The third-order valence-corrected chi connectivity index (χ3v) is 4.62. The second-order valence-electron chi connectivity index (χ2n) is 4.63. The average molecular weight is 235 g/mol. The van der Waals surface area contributed by atoms with Crippen molar-refractivity contribution in [1.82, 2.24) is 5.32 Å². The molecular weight excluding hydrogens is 214 g/mol. The van der Waals surface area contributed by atoms with E-state index in [2.05, 4.69) is 62.1 Å². The third kappa shape index (κ3) is 2.61. The predicted octanol–water partition coefficient (Wildman–Crippen LogP) is 3.40. The number of hydrogen-bond acceptors (Lipinski definition) is 2. The lowest BCUT2D eigenvalue weighted by Gasteiger charge is -2.33. The number of aryl methyl sites for hydroxylation is 1. The summed E-state index contributed by atoms with van der Waals surface area (Å²) in [7, 11) is 0. The maximum absolute atomic E-state index is 3.65. The molecule has 0 radical (unpaired) electrons. The first-order valence-corrected chi connectivity index (χ1v) is 7.12. The second kappa shape index (κ2) is 5.24. The molecule has 1 aliphatic rings. The highest BCUT2D eigenvalue weighted by Gasteiger charge is 2.26. The summed E-state index contributed by atoms with van der Waals surface area (Å²) in [5.41, 5.74) is 2.86. The number of hydrogen-bond donors (Lipinski definition) is 1. The van der Waals surface area contributed by atoms with Crippen molar-refractivity contribution < 1.29 is 0 Å². The first kappa shape index (κ1) is 12.0. The maximum atomic E-state index is 3.65. The zero-order chi connectivity index (χ0) is 11.5. The average Bonchev–Trinajstić information content (AvgIpc) is 2.29. The van der Waals surface area contributed by atoms with Crippen LogP contribution in [0.5, 0.6) is 0 Å². The first-order chi connectivity index (χ1) is 7.70. The summed E-state index contributed by atoms with van der Waals surface area (Å²) in [4.78, 5) is 0. The Kier molecular flexibility index (Phi) is 3.93. The van der Waals surface area contributed by atoms with Gasteiger partial charge in [0.2, 0.25) is 0 Å². The summed E-state index contributed by atoms with van der Waals surface area (Å²) >= 11 is 2.09. The van der Waals surface area contributed by atoms with E-state index in [0.717, 1.165) is 18.2 Å². The van der Waals surface area contributed by atoms with Gasteiger partial charge in [-0.15, -0.1) is 0 Å². The minimum Gasteiger partial charge on any atom is -0.308 e. The fourth-order valence-corrected chi connectivity index (χ4v) is 3.64. The van der Waals surface area contributed by atoms with Crippen molar-refractivity contribution in [2.45, 2.75) is 43.7 Å². The molecule has 88 valence electrons. The van der Waals surface area contributed by atoms with E-state index in [1.807, 2.05) is 0 Å². The second-order valence-corrected chi connectivity index (χ2v) is 6.45. The van der Waals surface area contributed by atoms with Crippen molar-refractivity contribution in [3.63, 3.8) is 0 Å². The summed E-state index contributed by atoms with van der Waals surface area (Å²) in [6, 6.07) is 9.60. The van der Waals surface area contributed by atoms with Gasteiger partial charge in [0.25, 0.3) is 0 Å². The monoisotopic (exact) mass is 235 g/mol. The molecule has 3 atom stereocenters. The quantitative estimate of drug-likeness (QED) is 0.843. The van der Waals surface area contributed by atoms with Crippen molar-refractivity contribution in [1.29, 1.82) is 0 Å². The van der Waals surface area contributed by atoms with E-state index < -0.39 is 0 Å². The summed E-state index contributed by atoms with van der Waals surface area (Å²) < 4.78 is 0. The Hall–Kier alpha value is -0.470. The number of thioether (sulfide) groups is 1. The molecule has 0 saturated carbocycles. The van der Waals surface area contributed by atoms with Crippen molar-refractivity contribution in [3.05, 3.63) is 35.4 Å². The van der Waals surface area contributed by atoms with Gasteiger partial charge in [-0.1, -0.05) is 45.0 Å². The van der Waals surface area contributed by atoms with E-state index in [1.165, 1.54) is 11.1 Å². The molecule has 1 aromatic carbocycles. The Bertz CT molecular complexity index is 333. The topological polar surface area (TPSA) is 12.0 Å². The molecule has 2 heteroatoms. The van der Waals surface area contributed by atoms with Gasteiger partial charge in [0.15, 0.2) is 0 Å². The molecule has 1 fully saturated rings. The summed E-state index contributed by atoms with van der Waals surface area (Å²) in [6.45, 7) is 7.94. The van der Waals surface area contributed by atoms with Gasteiger partial charge in [-0.2, -0.15) is 11.8 Å². The van der Waals surface area contributed by atoms with E-state index in [0.29, 0.717) is 11.3 Å². The van der Waals surface area contributed by atoms with Gasteiger partial charge in [0.1, 0.15) is 0 Å². The van der Waals surface area contributed by atoms with Crippen molar-refractivity contribution in [2.75, 3.05) is 6.54 Å². The Morgan fingerprint density at radius 2 is 1.94 bits per heavy atom. The zero-order valence-corrected chi connectivity index (χ0v) is 11.2. The molecule has 0 spiro atoms. The van der Waals surface area contributed by atoms with Crippen LogP contribution in [-0.2, 0) is 6.42 Å². The molecule has 1 aromatic rings. The van der Waals surface area contributed by atoms with E-state index in [4.69, 9.17) is 0 Å². The van der Waals surface area contributed by atoms with Gasteiger partial charge in [0.05, 0.1) is 0 Å². The minimum absolute atomic E-state index is 0.520. The van der Waals surface area contributed by atoms with Crippen LogP contribution in [0.4, 0.5) is 0 Å². The summed E-state index contributed by atoms with van der Waals surface area (Å²) in [5.74, 6) is 0. The van der Waals surface area contributed by atoms with E-state index in [1.54, 1.807) is 0 Å². The lowest BCUT2D eigenvalue weighted by molar-refractivity contribution is 0.510. The molecule has 0 aliphatic carbocycles. The van der Waals surface area contributed by atoms with Crippen LogP contribution in [-0.4, -0.2) is 17.0 Å². The molecule has 0 bridgehead atoms. The molecule has 1 aliphatic heterocycles. The third-order valence-electron chi connectivity index (χ3n) is 3.29. The number of rotatable bonds is 2. The molecule has 0 aromatic heterocycles. The highest BCUT2D eigenvalue weighted by molar-refractivity contribution is 8.00. The van der Waals surface area contributed by atoms with Crippen LogP contribution < -0.4 is 5.32 Å². The SMILES string of the molecule is CCc1ccc(C2NCC(C)SC2C)cc1. The van der Waals surface area contributed by atoms with E-state index in [-0.39, 0.29) is 0 Å². The minimum atomic E-state index is 0.520. The van der Waals surface area contributed by atoms with Crippen LogP contribution in [0.1, 0.15) is 37.9 Å². The smallest absolute Gasteiger partial charge is 0.0438 e. The van der Waals surface area contributed by atoms with Crippen LogP contribution in [0.25, 0.3) is 0 Å². The zero-order valence-electron chi connectivity index (χ0n) is 10.4. The highest BCUT2D eigenvalue weighted by Crippen LogP contribution is 2.33. The molecule has 1 saturated heterocycles. The Morgan fingerprint density at radius 3 is 2.50 bits per heavy atom. The fraction of sp³-hybridized carbons (Fsp3) is 0.571. The van der Waals surface area contributed by atoms with E-state index >= 15 is 0 Å². The fourth-order valence-electron chi connectivity index (χ4n) is 2.30. The largest absolute Gasteiger partial charge is 0.308 e. The molecular formula is C14H21NS. The summed E-state index contributed by atoms with van der Waals surface area (Å²) in [5, 5.41) is 5.05. The van der Waals surface area contributed by atoms with Crippen molar-refractivity contribution >= 4 is 11.8 Å². The van der Waals surface area contributed by atoms with Crippen molar-refractivity contribution in [2.24, 2.45) is 0 Å². The first-order valence-electron chi connectivity index (χ1n) is 6.18. The molecule has 0 amide bonds. The van der Waals surface area contributed by atoms with Gasteiger partial charge in [-0.05, 0) is 17.5 Å². The van der Waals surface area contributed by atoms with Crippen LogP contribution in [0.3, 0.4) is 0 Å². The van der Waals surface area contributed by atoms with Crippen LogP contribution in [0.2, 0.25) is 0 Å². The van der Waals surface area contributed by atoms with Crippen LogP contribution >= 0.6 is 11.8 Å². The van der Waals surface area contributed by atoms with Gasteiger partial charge in [-0.25, -0.2) is 0 Å². The van der Waals surface area contributed by atoms with Crippen LogP contribution in [0, 0.1) is 0 Å². The van der Waals surface area contributed by atoms with Gasteiger partial charge < -0.3 is 5.32 Å². The number of benzene rings is 1. The number of nitrogens with one attached hydrogen (secondary N) is 1. The molecule has 1 heterocycles. The Balaban J connectivity index is 2.11. The van der Waals surface area contributed by atoms with Gasteiger partial charge in [-0.3, -0.25) is 0 Å². The summed E-state index contributed by atoms with van der Waals surface area (Å²) in [6.07, 6.45) is 1.12. The van der Waals surface area contributed by atoms with Gasteiger partial charge in [0, 0.05) is 23.1 Å². The Morgan fingerprint density at radius 1 is 1.25 bits per heavy atom. The molecule has 3 unspecified atom stereocenters. The highest BCUT2D eigenvalue weighted by atomic mass is 32.2. The lowest BCUT2D eigenvalue weighted by Crippen LogP contribution is -2.39. The van der Waals surface area contributed by atoms with Gasteiger partial charge >= 0.3 is 0 Å². The van der Waals surface area contributed by atoms with E-state index in [9.17, 15) is 0 Å². The molecule has 2 rings (SSSR count). The standard InChI is InChI=1S/C14H21NS/c1-4-12-5-7-13(8-6-12)14-11(3)16-10(2)9-15-14/h5-8,10-11,14-15H,4,9H2,1-3H3. The lowest BCUT2D eigenvalue weighted by atomic mass is 10.0.